The van der Waals surface area contributed by atoms with Crippen LogP contribution in [0.15, 0.2) is 146 Å². The van der Waals surface area contributed by atoms with Crippen LogP contribution in [0, 0.1) is 46.5 Å². The molecule has 10 aromatic carbocycles. The van der Waals surface area contributed by atoms with Crippen molar-refractivity contribution in [2.24, 2.45) is 11.8 Å². The van der Waals surface area contributed by atoms with Crippen LogP contribution < -0.4 is 94.7 Å². The Bertz CT molecular complexity index is 6060. The van der Waals surface area contributed by atoms with Gasteiger partial charge in [0.2, 0.25) is 5.75 Å². The third-order valence-electron chi connectivity index (χ3n) is 26.7. The van der Waals surface area contributed by atoms with Crippen LogP contribution in [-0.4, -0.2) is 269 Å². The maximum atomic E-state index is 12.3. The van der Waals surface area contributed by atoms with E-state index in [0.29, 0.717) is 80.7 Å². The summed E-state index contributed by atoms with van der Waals surface area (Å²) >= 11 is 0. The van der Waals surface area contributed by atoms with Gasteiger partial charge in [0.25, 0.3) is 0 Å². The Hall–Kier alpha value is -12.5. The molecule has 2 fully saturated rings. The normalized spacial score (nSPS) is 18.6. The second kappa shape index (κ2) is 50.7. The van der Waals surface area contributed by atoms with Crippen molar-refractivity contribution in [1.29, 1.82) is 0 Å². The second-order valence-corrected chi connectivity index (χ2v) is 37.1. The number of hydrogen-bond acceptors (Lipinski definition) is 37. The number of aryl methyl sites for hydroxylation is 5. The average molecular weight is 2060 g/mol. The zero-order chi connectivity index (χ0) is 107. The lowest BCUT2D eigenvalue weighted by atomic mass is 9.84. The third-order valence-corrected chi connectivity index (χ3v) is 26.7. The van der Waals surface area contributed by atoms with Gasteiger partial charge in [0.1, 0.15) is 54.6 Å². The van der Waals surface area contributed by atoms with Crippen molar-refractivity contribution in [3.05, 3.63) is 235 Å². The highest BCUT2D eigenvalue weighted by Gasteiger charge is 2.50. The van der Waals surface area contributed by atoms with E-state index in [1.807, 2.05) is 61.5 Å². The molecule has 37 nitrogen and oxygen atoms in total. The standard InChI is InChI=1S/C111H138O37/c1-54(2)139-103-56(5)28-65(29-57(103)6)98(122)94(50-118)146-105-59(8)31-67(39-84(105)132-15)100(124)91(47-115)142-75-24-20-61(34-79(75)127-10)96(120)89(45-113)141-78-27-23-64(37-82(78)130-13)109-72(44-112)71-33-68(40-86(134-17)110(71)148-109)101(125)95(51-119)147-111-87(135-18)41-69(42-88(111)136-19)102(126)92(48-116)144-77-26-22-63(36-81(77)129-12)107-73-52-138-108(74(73)53-137-107)70-32-60(9)106(85(43-70)133-16)145-93(49-117)97(121)62-21-25-76(80(35-62)128-11)143-90(46-114)99(123)66-30-58(7)104(140-55(3)4)83(38-66)131-14/h20-43,54-55,72-74,89-102,107-109,112-126H,44-53H2,1-19H3/t72-,73+,74+,89?,90?,91?,92?,93?,94?,95?,96?,97?,98?,99?,100?,101?,102?,107-,108?,109?/m1/s1. The summed E-state index contributed by atoms with van der Waals surface area (Å²) in [7, 11) is 14.0. The number of fused-ring (bicyclic) bond motifs is 2. The van der Waals surface area contributed by atoms with Crippen molar-refractivity contribution in [1.82, 2.24) is 0 Å². The van der Waals surface area contributed by atoms with Gasteiger partial charge in [-0.25, -0.2) is 0 Å². The van der Waals surface area contributed by atoms with E-state index in [4.69, 9.17) is 104 Å². The first-order chi connectivity index (χ1) is 71.1. The summed E-state index contributed by atoms with van der Waals surface area (Å²) in [5.41, 5.74) is 7.74. The molecule has 0 aromatic heterocycles. The molecule has 3 heterocycles. The van der Waals surface area contributed by atoms with Crippen LogP contribution in [0.4, 0.5) is 0 Å². The van der Waals surface area contributed by atoms with E-state index in [2.05, 4.69) is 0 Å². The molecular formula is C111H138O37. The molecule has 0 radical (unpaired) electrons. The minimum Gasteiger partial charge on any atom is -0.493 e. The topological polar surface area (TPSA) is 507 Å². The first-order valence-electron chi connectivity index (χ1n) is 48.5. The zero-order valence-electron chi connectivity index (χ0n) is 86.3. The zero-order valence-corrected chi connectivity index (χ0v) is 86.3. The summed E-state index contributed by atoms with van der Waals surface area (Å²) < 4.78 is 134. The van der Waals surface area contributed by atoms with Crippen molar-refractivity contribution in [2.45, 2.75) is 184 Å². The van der Waals surface area contributed by atoms with E-state index in [0.717, 1.165) is 22.3 Å². The monoisotopic (exact) mass is 2060 g/mol. The molecule has 804 valence electrons. The number of aliphatic hydroxyl groups excluding tert-OH is 15. The first kappa shape index (κ1) is 113. The van der Waals surface area contributed by atoms with Gasteiger partial charge >= 0.3 is 0 Å². The first-order valence-corrected chi connectivity index (χ1v) is 48.5. The SMILES string of the molecule is COc1cc(C(O)C(CO)Oc2ccc(C3Oc4c(OC)cc(C(O)C(CO)Oc5c(OC)cc(C(O)C(CO)Oc6ccc([C@H]7OC[C@@H]8C(c9cc(C)c(OC(CO)C(O)c%10ccc(OC(CO)C(O)c%11cc(C)c(OC(C)C)c(OC)c%11)c(OC)c%10)c(OC)c9)OC[C@H]78)cc6OC)cc5OC)cc4[C@H]3CO)cc2OC)ccc1OC(CO)C(O)c1cc(C)c(OC(CO)C(O)c2cc(C)c(OC(C)C)c(C)c2)c(OC)c1. The minimum atomic E-state index is -1.63. The van der Waals surface area contributed by atoms with E-state index in [-0.39, 0.29) is 138 Å². The number of aliphatic hydroxyl groups is 15. The van der Waals surface area contributed by atoms with Crippen molar-refractivity contribution in [2.75, 3.05) is 137 Å². The predicted octanol–water partition coefficient (Wildman–Crippen LogP) is 11.5. The molecule has 16 unspecified atom stereocenters. The van der Waals surface area contributed by atoms with E-state index in [1.165, 1.54) is 126 Å². The second-order valence-electron chi connectivity index (χ2n) is 37.1. The number of hydrogen-bond donors (Lipinski definition) is 15. The molecule has 13 rings (SSSR count). The quantitative estimate of drug-likeness (QED) is 0.0168. The van der Waals surface area contributed by atoms with Crippen LogP contribution in [0.5, 0.6) is 115 Å². The fraction of sp³-hybridized carbons (Fsp3) is 0.459. The van der Waals surface area contributed by atoms with Crippen LogP contribution in [0.3, 0.4) is 0 Å². The molecule has 37 heteroatoms. The van der Waals surface area contributed by atoms with Gasteiger partial charge in [-0.05, 0) is 267 Å². The Labute approximate surface area is 859 Å². The Morgan fingerprint density at radius 3 is 0.865 bits per heavy atom. The molecule has 20 atom stereocenters. The molecule has 2 saturated heterocycles. The van der Waals surface area contributed by atoms with E-state index < -0.39 is 163 Å². The summed E-state index contributed by atoms with van der Waals surface area (Å²) in [4.78, 5) is 0. The summed E-state index contributed by atoms with van der Waals surface area (Å²) in [5, 5.41) is 170. The lowest BCUT2D eigenvalue weighted by molar-refractivity contribution is -0.00379. The van der Waals surface area contributed by atoms with Crippen LogP contribution >= 0.6 is 0 Å². The van der Waals surface area contributed by atoms with E-state index in [1.54, 1.807) is 91.9 Å². The van der Waals surface area contributed by atoms with Gasteiger partial charge in [0.05, 0.1) is 168 Å². The molecule has 0 spiro atoms. The molecule has 3 aliphatic heterocycles. The summed E-state index contributed by atoms with van der Waals surface area (Å²) in [6.07, 6.45) is -21.3. The van der Waals surface area contributed by atoms with Crippen molar-refractivity contribution in [3.8, 4) is 115 Å². The highest BCUT2D eigenvalue weighted by atomic mass is 16.6. The van der Waals surface area contributed by atoms with Gasteiger partial charge in [-0.1, -0.05) is 24.3 Å². The van der Waals surface area contributed by atoms with Gasteiger partial charge in [0, 0.05) is 17.4 Å². The molecule has 3 aliphatic rings. The number of rotatable bonds is 53. The van der Waals surface area contributed by atoms with Crippen molar-refractivity contribution >= 4 is 0 Å². The lowest BCUT2D eigenvalue weighted by Crippen LogP contribution is -2.31. The van der Waals surface area contributed by atoms with Gasteiger partial charge in [-0.3, -0.25) is 0 Å². The maximum Gasteiger partial charge on any atom is 0.204 e. The van der Waals surface area contributed by atoms with E-state index >= 15 is 0 Å². The molecule has 10 aromatic rings. The fourth-order valence-corrected chi connectivity index (χ4v) is 19.1. The van der Waals surface area contributed by atoms with Gasteiger partial charge in [-0.15, -0.1) is 0 Å². The predicted molar refractivity (Wildman–Crippen MR) is 538 cm³/mol. The Morgan fingerprint density at radius 1 is 0.250 bits per heavy atom. The van der Waals surface area contributed by atoms with Crippen molar-refractivity contribution < 1.29 is 181 Å². The number of benzene rings is 10. The fourth-order valence-electron chi connectivity index (χ4n) is 19.1. The number of methoxy groups -OCH3 is 10. The van der Waals surface area contributed by atoms with Gasteiger partial charge < -0.3 is 181 Å². The highest BCUT2D eigenvalue weighted by Crippen LogP contribution is 2.57. The lowest BCUT2D eigenvalue weighted by Gasteiger charge is -2.28. The molecule has 0 amide bonds. The Morgan fingerprint density at radius 2 is 0.507 bits per heavy atom. The average Bonchev–Trinajstić information content (AvgIpc) is 1.60. The largest absolute Gasteiger partial charge is 0.493 e. The molecule has 148 heavy (non-hydrogen) atoms. The van der Waals surface area contributed by atoms with Gasteiger partial charge in [0.15, 0.2) is 146 Å². The Kier molecular flexibility index (Phi) is 38.6. The molecule has 0 aliphatic carbocycles. The maximum absolute atomic E-state index is 12.3. The van der Waals surface area contributed by atoms with Crippen molar-refractivity contribution in [3.63, 3.8) is 0 Å². The summed E-state index contributed by atoms with van der Waals surface area (Å²) in [5.74, 6) is 2.78. The van der Waals surface area contributed by atoms with Crippen LogP contribution in [0.25, 0.3) is 0 Å². The van der Waals surface area contributed by atoms with Crippen LogP contribution in [0.1, 0.15) is 184 Å². The third kappa shape index (κ3) is 24.5. The van der Waals surface area contributed by atoms with Crippen LogP contribution in [0.2, 0.25) is 0 Å². The summed E-state index contributed by atoms with van der Waals surface area (Å²) in [6, 6.07) is 38.6. The molecular weight excluding hydrogens is 1930 g/mol. The smallest absolute Gasteiger partial charge is 0.204 e. The molecule has 0 saturated carbocycles. The number of ether oxygens (including phenoxy) is 22. The highest BCUT2D eigenvalue weighted by molar-refractivity contribution is 5.60. The molecule has 0 bridgehead atoms. The molecule has 15 N–H and O–H groups in total. The Balaban J connectivity index is 0.626. The van der Waals surface area contributed by atoms with E-state index in [9.17, 15) is 76.6 Å². The minimum absolute atomic E-state index is 0.0169. The van der Waals surface area contributed by atoms with Gasteiger partial charge in [-0.2, -0.15) is 0 Å². The van der Waals surface area contributed by atoms with Crippen LogP contribution in [-0.2, 0) is 9.47 Å². The summed E-state index contributed by atoms with van der Waals surface area (Å²) in [6.45, 7) is 12.1.